The third kappa shape index (κ3) is 3.08. The molecule has 6 nitrogen and oxygen atoms in total. The number of thiophene rings is 1. The molecule has 4 rings (SSSR count). The molecule has 28 heavy (non-hydrogen) atoms. The molecule has 3 aliphatic rings. The van der Waals surface area contributed by atoms with Crippen LogP contribution in [-0.2, 0) is 9.53 Å². The zero-order valence-electron chi connectivity index (χ0n) is 17.0. The normalized spacial score (nSPS) is 27.4. The molecule has 7 heteroatoms. The van der Waals surface area contributed by atoms with E-state index in [-0.39, 0.29) is 16.7 Å². The number of piperidine rings is 1. The number of nitrogens with zero attached hydrogens (tertiary/aromatic N) is 3. The van der Waals surface area contributed by atoms with Gasteiger partial charge in [-0.3, -0.25) is 14.5 Å². The zero-order valence-corrected chi connectivity index (χ0v) is 17.8. The molecule has 0 aromatic carbocycles. The lowest BCUT2D eigenvalue weighted by Gasteiger charge is -2.47. The number of ether oxygens (including phenoxy) is 1. The molecule has 4 heterocycles. The summed E-state index contributed by atoms with van der Waals surface area (Å²) in [4.78, 5) is 33.5. The maximum absolute atomic E-state index is 13.4. The van der Waals surface area contributed by atoms with Crippen LogP contribution in [0.25, 0.3) is 0 Å². The highest BCUT2D eigenvalue weighted by Crippen LogP contribution is 2.57. The summed E-state index contributed by atoms with van der Waals surface area (Å²) in [6, 6.07) is 3.83. The van der Waals surface area contributed by atoms with Crippen molar-refractivity contribution < 1.29 is 14.3 Å². The van der Waals surface area contributed by atoms with Gasteiger partial charge in [-0.15, -0.1) is 11.3 Å². The summed E-state index contributed by atoms with van der Waals surface area (Å²) in [7, 11) is 1.73. The average Bonchev–Trinajstić information content (AvgIpc) is 3.42. The van der Waals surface area contributed by atoms with Crippen LogP contribution in [-0.4, -0.2) is 86.0 Å². The number of amides is 2. The van der Waals surface area contributed by atoms with Gasteiger partial charge in [-0.25, -0.2) is 0 Å². The van der Waals surface area contributed by atoms with Gasteiger partial charge in [0.05, 0.1) is 16.9 Å². The third-order valence-corrected chi connectivity index (χ3v) is 8.13. The highest BCUT2D eigenvalue weighted by atomic mass is 32.1. The Bertz CT molecular complexity index is 714. The molecule has 2 spiro atoms. The van der Waals surface area contributed by atoms with E-state index in [0.717, 1.165) is 70.0 Å². The monoisotopic (exact) mass is 405 g/mol. The summed E-state index contributed by atoms with van der Waals surface area (Å²) in [5.41, 5.74) is -0.303. The molecule has 3 fully saturated rings. The SMILES string of the molecule is CCN1CC[C@@]2(CN(CCOC)CC23CCN(C(=O)c2cccs2)CC3)C1=O. The van der Waals surface area contributed by atoms with E-state index in [1.807, 2.05) is 27.3 Å². The topological polar surface area (TPSA) is 53.1 Å². The summed E-state index contributed by atoms with van der Waals surface area (Å²) in [6.07, 6.45) is 2.77. The van der Waals surface area contributed by atoms with Gasteiger partial charge in [0.2, 0.25) is 5.91 Å². The van der Waals surface area contributed by atoms with Gasteiger partial charge in [-0.1, -0.05) is 6.07 Å². The molecule has 0 saturated carbocycles. The van der Waals surface area contributed by atoms with Gasteiger partial charge in [-0.05, 0) is 37.6 Å². The molecule has 1 aromatic rings. The summed E-state index contributed by atoms with van der Waals surface area (Å²) >= 11 is 1.51. The highest BCUT2D eigenvalue weighted by molar-refractivity contribution is 7.12. The zero-order chi connectivity index (χ0) is 19.8. The predicted octanol–water partition coefficient (Wildman–Crippen LogP) is 2.17. The Labute approximate surface area is 171 Å². The van der Waals surface area contributed by atoms with Gasteiger partial charge >= 0.3 is 0 Å². The van der Waals surface area contributed by atoms with Crippen molar-refractivity contribution in [2.45, 2.75) is 26.2 Å². The number of carbonyl (C=O) groups is 2. The summed E-state index contributed by atoms with van der Waals surface area (Å²) in [5.74, 6) is 0.481. The van der Waals surface area contributed by atoms with Crippen LogP contribution in [0.15, 0.2) is 17.5 Å². The number of fused-ring (bicyclic) bond motifs is 1. The van der Waals surface area contributed by atoms with Crippen molar-refractivity contribution in [3.63, 3.8) is 0 Å². The van der Waals surface area contributed by atoms with E-state index in [9.17, 15) is 9.59 Å². The van der Waals surface area contributed by atoms with Gasteiger partial charge in [-0.2, -0.15) is 0 Å². The smallest absolute Gasteiger partial charge is 0.263 e. The molecule has 0 bridgehead atoms. The Balaban J connectivity index is 1.54. The average molecular weight is 406 g/mol. The van der Waals surface area contributed by atoms with Crippen molar-refractivity contribution in [2.24, 2.45) is 10.8 Å². The Kier molecular flexibility index (Phi) is 5.51. The second kappa shape index (κ2) is 7.76. The van der Waals surface area contributed by atoms with Gasteiger partial charge in [0.1, 0.15) is 0 Å². The first kappa shape index (κ1) is 19.9. The maximum Gasteiger partial charge on any atom is 0.263 e. The van der Waals surface area contributed by atoms with Crippen LogP contribution in [0.4, 0.5) is 0 Å². The van der Waals surface area contributed by atoms with Crippen molar-refractivity contribution in [1.82, 2.24) is 14.7 Å². The Hall–Kier alpha value is -1.44. The number of hydrogen-bond acceptors (Lipinski definition) is 5. The molecule has 0 N–H and O–H groups in total. The summed E-state index contributed by atoms with van der Waals surface area (Å²) < 4.78 is 5.30. The molecule has 2 amide bonds. The molecular weight excluding hydrogens is 374 g/mol. The van der Waals surface area contributed by atoms with Crippen LogP contribution < -0.4 is 0 Å². The van der Waals surface area contributed by atoms with Crippen molar-refractivity contribution >= 4 is 23.2 Å². The largest absolute Gasteiger partial charge is 0.383 e. The van der Waals surface area contributed by atoms with E-state index >= 15 is 0 Å². The van der Waals surface area contributed by atoms with E-state index in [1.54, 1.807) is 7.11 Å². The van der Waals surface area contributed by atoms with E-state index < -0.39 is 0 Å². The Morgan fingerprint density at radius 1 is 1.21 bits per heavy atom. The quantitative estimate of drug-likeness (QED) is 0.753. The van der Waals surface area contributed by atoms with Crippen molar-refractivity contribution in [2.75, 3.05) is 59.5 Å². The first-order valence-electron chi connectivity index (χ1n) is 10.4. The Morgan fingerprint density at radius 3 is 2.61 bits per heavy atom. The minimum absolute atomic E-state index is 0.0199. The summed E-state index contributed by atoms with van der Waals surface area (Å²) in [6.45, 7) is 8.57. The molecule has 0 aliphatic carbocycles. The first-order chi connectivity index (χ1) is 13.5. The lowest BCUT2D eigenvalue weighted by atomic mass is 9.60. The van der Waals surface area contributed by atoms with Crippen LogP contribution in [0.2, 0.25) is 0 Å². The molecule has 0 radical (unpaired) electrons. The van der Waals surface area contributed by atoms with Crippen LogP contribution >= 0.6 is 11.3 Å². The van der Waals surface area contributed by atoms with Crippen LogP contribution in [0, 0.1) is 10.8 Å². The minimum atomic E-state index is -0.283. The molecule has 1 atom stereocenters. The molecule has 3 aliphatic heterocycles. The Morgan fingerprint density at radius 2 is 2.00 bits per heavy atom. The fourth-order valence-electron chi connectivity index (χ4n) is 5.67. The second-order valence-corrected chi connectivity index (χ2v) is 9.42. The van der Waals surface area contributed by atoms with Crippen molar-refractivity contribution in [3.05, 3.63) is 22.4 Å². The van der Waals surface area contributed by atoms with E-state index in [0.29, 0.717) is 12.5 Å². The van der Waals surface area contributed by atoms with E-state index in [1.165, 1.54) is 11.3 Å². The molecule has 154 valence electrons. The lowest BCUT2D eigenvalue weighted by Crippen LogP contribution is -2.53. The number of likely N-dealkylation sites (tertiary alicyclic amines) is 3. The molecule has 1 aromatic heterocycles. The van der Waals surface area contributed by atoms with Gasteiger partial charge < -0.3 is 14.5 Å². The van der Waals surface area contributed by atoms with Gasteiger partial charge in [0.25, 0.3) is 5.91 Å². The number of rotatable bonds is 5. The molecule has 3 saturated heterocycles. The minimum Gasteiger partial charge on any atom is -0.383 e. The lowest BCUT2D eigenvalue weighted by molar-refractivity contribution is -0.141. The predicted molar refractivity (Wildman–Crippen MR) is 110 cm³/mol. The van der Waals surface area contributed by atoms with E-state index in [2.05, 4.69) is 11.8 Å². The van der Waals surface area contributed by atoms with Gasteiger partial charge in [0.15, 0.2) is 0 Å². The van der Waals surface area contributed by atoms with Crippen molar-refractivity contribution in [3.8, 4) is 0 Å². The number of carbonyl (C=O) groups excluding carboxylic acids is 2. The first-order valence-corrected chi connectivity index (χ1v) is 11.3. The summed E-state index contributed by atoms with van der Waals surface area (Å²) in [5, 5.41) is 1.95. The van der Waals surface area contributed by atoms with Crippen LogP contribution in [0.3, 0.4) is 0 Å². The third-order valence-electron chi connectivity index (χ3n) is 7.27. The van der Waals surface area contributed by atoms with Gasteiger partial charge in [0, 0.05) is 58.3 Å². The van der Waals surface area contributed by atoms with Crippen molar-refractivity contribution in [1.29, 1.82) is 0 Å². The fraction of sp³-hybridized carbons (Fsp3) is 0.714. The molecular formula is C21H31N3O3S. The fourth-order valence-corrected chi connectivity index (χ4v) is 6.36. The number of hydrogen-bond donors (Lipinski definition) is 0. The second-order valence-electron chi connectivity index (χ2n) is 8.47. The van der Waals surface area contributed by atoms with Crippen LogP contribution in [0.5, 0.6) is 0 Å². The number of methoxy groups -OCH3 is 1. The standard InChI is InChI=1S/C21H31N3O3S/c1-3-23-11-8-21(19(23)26)16-22(12-13-27-2)15-20(21)6-9-24(10-7-20)18(25)17-5-4-14-28-17/h4-5,14H,3,6-13,15-16H2,1-2H3/t21-/m1/s1. The van der Waals surface area contributed by atoms with E-state index in [4.69, 9.17) is 4.74 Å². The van der Waals surface area contributed by atoms with Crippen LogP contribution in [0.1, 0.15) is 35.9 Å². The maximum atomic E-state index is 13.4. The molecule has 0 unspecified atom stereocenters. The highest BCUT2D eigenvalue weighted by Gasteiger charge is 2.64.